The molecule has 0 heterocycles. The highest BCUT2D eigenvalue weighted by Crippen LogP contribution is 2.45. The number of halogens is 10. The average molecular weight is 294 g/mol. The number of hydrogen-bond acceptors (Lipinski definition) is 0. The molecule has 18 heavy (non-hydrogen) atoms. The smallest absolute Gasteiger partial charge is 0.196 e. The van der Waals surface area contributed by atoms with E-state index in [0.717, 1.165) is 0 Å². The molecular formula is C8H8F10. The van der Waals surface area contributed by atoms with Crippen molar-refractivity contribution in [2.45, 2.75) is 44.0 Å². The second kappa shape index (κ2) is 4.76. The van der Waals surface area contributed by atoms with E-state index < -0.39 is 43.0 Å². The molecule has 0 unspecified atom stereocenters. The van der Waals surface area contributed by atoms with Gasteiger partial charge in [0.25, 0.3) is 0 Å². The van der Waals surface area contributed by atoms with Crippen LogP contribution in [0.3, 0.4) is 0 Å². The molecule has 0 amide bonds. The second-order valence-electron chi connectivity index (χ2n) is 3.92. The maximum absolute atomic E-state index is 12.4. The lowest BCUT2D eigenvalue weighted by molar-refractivity contribution is -0.301. The van der Waals surface area contributed by atoms with Crippen LogP contribution in [0.2, 0.25) is 0 Å². The summed E-state index contributed by atoms with van der Waals surface area (Å²) in [5.41, 5.74) is 0. The minimum absolute atomic E-state index is 0.472. The SMILES string of the molecule is CC(CC(F)(F)C(F)(F)F)CC(F)(F)C(F)(F)F. The minimum atomic E-state index is -5.98. The van der Waals surface area contributed by atoms with E-state index in [-0.39, 0.29) is 0 Å². The van der Waals surface area contributed by atoms with Gasteiger partial charge in [0.1, 0.15) is 0 Å². The Bertz CT molecular complexity index is 245. The number of hydrogen-bond donors (Lipinski definition) is 0. The fourth-order valence-electron chi connectivity index (χ4n) is 1.18. The zero-order chi connectivity index (χ0) is 15.0. The molecule has 0 spiro atoms. The summed E-state index contributed by atoms with van der Waals surface area (Å²) in [6, 6.07) is 0. The summed E-state index contributed by atoms with van der Waals surface area (Å²) in [5, 5.41) is 0. The van der Waals surface area contributed by atoms with E-state index in [1.54, 1.807) is 0 Å². The van der Waals surface area contributed by atoms with Crippen LogP contribution in [0.1, 0.15) is 19.8 Å². The molecule has 0 fully saturated rings. The predicted octanol–water partition coefficient (Wildman–Crippen LogP) is 4.80. The highest BCUT2D eigenvalue weighted by molar-refractivity contribution is 4.83. The summed E-state index contributed by atoms with van der Waals surface area (Å²) < 4.78 is 120. The molecule has 0 aliphatic rings. The molecule has 0 N–H and O–H groups in total. The van der Waals surface area contributed by atoms with E-state index in [2.05, 4.69) is 0 Å². The fourth-order valence-corrected chi connectivity index (χ4v) is 1.18. The summed E-state index contributed by atoms with van der Waals surface area (Å²) in [7, 11) is 0. The van der Waals surface area contributed by atoms with E-state index in [1.807, 2.05) is 0 Å². The summed E-state index contributed by atoms with van der Waals surface area (Å²) in [6.07, 6.45) is -16.2. The first kappa shape index (κ1) is 17.3. The highest BCUT2D eigenvalue weighted by Gasteiger charge is 2.61. The van der Waals surface area contributed by atoms with Crippen LogP contribution in [0.5, 0.6) is 0 Å². The van der Waals surface area contributed by atoms with Crippen molar-refractivity contribution < 1.29 is 43.9 Å². The van der Waals surface area contributed by atoms with Crippen molar-refractivity contribution in [1.29, 1.82) is 0 Å². The molecule has 0 aromatic carbocycles. The molecule has 0 nitrogen and oxygen atoms in total. The number of rotatable bonds is 4. The van der Waals surface area contributed by atoms with Gasteiger partial charge in [0, 0.05) is 12.8 Å². The van der Waals surface area contributed by atoms with Gasteiger partial charge in [-0.1, -0.05) is 6.92 Å². The van der Waals surface area contributed by atoms with Crippen LogP contribution < -0.4 is 0 Å². The lowest BCUT2D eigenvalue weighted by Gasteiger charge is -2.26. The molecular weight excluding hydrogens is 286 g/mol. The molecule has 0 saturated heterocycles. The number of alkyl halides is 10. The molecule has 0 aromatic rings. The molecule has 10 heteroatoms. The Morgan fingerprint density at radius 1 is 0.611 bits per heavy atom. The van der Waals surface area contributed by atoms with Crippen LogP contribution >= 0.6 is 0 Å². The second-order valence-corrected chi connectivity index (χ2v) is 3.92. The Hall–Kier alpha value is -0.700. The third-order valence-corrected chi connectivity index (χ3v) is 2.04. The van der Waals surface area contributed by atoms with Gasteiger partial charge in [-0.2, -0.15) is 43.9 Å². The molecule has 0 radical (unpaired) electrons. The van der Waals surface area contributed by atoms with Crippen LogP contribution in [0.15, 0.2) is 0 Å². The van der Waals surface area contributed by atoms with Gasteiger partial charge < -0.3 is 0 Å². The maximum Gasteiger partial charge on any atom is 0.453 e. The summed E-state index contributed by atoms with van der Waals surface area (Å²) in [4.78, 5) is 0. The van der Waals surface area contributed by atoms with Gasteiger partial charge in [-0.3, -0.25) is 0 Å². The van der Waals surface area contributed by atoms with Gasteiger partial charge in [0.05, 0.1) is 0 Å². The van der Waals surface area contributed by atoms with E-state index in [9.17, 15) is 43.9 Å². The summed E-state index contributed by atoms with van der Waals surface area (Å²) in [5.74, 6) is -12.7. The van der Waals surface area contributed by atoms with Crippen molar-refractivity contribution in [1.82, 2.24) is 0 Å². The van der Waals surface area contributed by atoms with Gasteiger partial charge in [-0.15, -0.1) is 0 Å². The van der Waals surface area contributed by atoms with E-state index >= 15 is 0 Å². The van der Waals surface area contributed by atoms with Gasteiger partial charge >= 0.3 is 24.2 Å². The maximum atomic E-state index is 12.4. The van der Waals surface area contributed by atoms with Crippen molar-refractivity contribution in [2.24, 2.45) is 5.92 Å². The van der Waals surface area contributed by atoms with Gasteiger partial charge in [-0.25, -0.2) is 0 Å². The molecule has 0 saturated carbocycles. The molecule has 0 aromatic heterocycles. The molecule has 110 valence electrons. The topological polar surface area (TPSA) is 0 Å². The van der Waals surface area contributed by atoms with Crippen molar-refractivity contribution >= 4 is 0 Å². The molecule has 0 aliphatic carbocycles. The standard InChI is InChI=1S/C8H8F10/c1-4(2-5(9,10)7(13,14)15)3-6(11,12)8(16,17)18/h4H,2-3H2,1H3. The average Bonchev–Trinajstić information content (AvgIpc) is 1.95. The van der Waals surface area contributed by atoms with E-state index in [1.165, 1.54) is 0 Å². The van der Waals surface area contributed by atoms with Gasteiger partial charge in [-0.05, 0) is 5.92 Å². The largest absolute Gasteiger partial charge is 0.453 e. The summed E-state index contributed by atoms with van der Waals surface area (Å²) >= 11 is 0. The van der Waals surface area contributed by atoms with Crippen LogP contribution in [-0.4, -0.2) is 24.2 Å². The van der Waals surface area contributed by atoms with Crippen LogP contribution in [0.25, 0.3) is 0 Å². The molecule has 0 atom stereocenters. The molecule has 0 rings (SSSR count). The van der Waals surface area contributed by atoms with Crippen LogP contribution in [0, 0.1) is 5.92 Å². The lowest BCUT2D eigenvalue weighted by atomic mass is 9.95. The third-order valence-electron chi connectivity index (χ3n) is 2.04. The van der Waals surface area contributed by atoms with Crippen molar-refractivity contribution in [3.8, 4) is 0 Å². The van der Waals surface area contributed by atoms with E-state index in [4.69, 9.17) is 0 Å². The highest BCUT2D eigenvalue weighted by atomic mass is 19.4. The van der Waals surface area contributed by atoms with Crippen molar-refractivity contribution in [3.63, 3.8) is 0 Å². The Labute approximate surface area is 94.9 Å². The predicted molar refractivity (Wildman–Crippen MR) is 40.4 cm³/mol. The normalized spacial score (nSPS) is 15.3. The Morgan fingerprint density at radius 3 is 1.00 bits per heavy atom. The first-order chi connectivity index (χ1) is 7.60. The Balaban J connectivity index is 4.69. The monoisotopic (exact) mass is 294 g/mol. The summed E-state index contributed by atoms with van der Waals surface area (Å²) in [6.45, 7) is 0.472. The first-order valence-electron chi connectivity index (χ1n) is 4.49. The third kappa shape index (κ3) is 4.20. The zero-order valence-electron chi connectivity index (χ0n) is 8.77. The van der Waals surface area contributed by atoms with Crippen LogP contribution in [0.4, 0.5) is 43.9 Å². The van der Waals surface area contributed by atoms with E-state index in [0.29, 0.717) is 6.92 Å². The van der Waals surface area contributed by atoms with Gasteiger partial charge in [0.2, 0.25) is 0 Å². The molecule has 0 aliphatic heterocycles. The van der Waals surface area contributed by atoms with Crippen molar-refractivity contribution in [3.05, 3.63) is 0 Å². The Kier molecular flexibility index (Phi) is 4.58. The van der Waals surface area contributed by atoms with Crippen LogP contribution in [-0.2, 0) is 0 Å². The van der Waals surface area contributed by atoms with Crippen molar-refractivity contribution in [2.75, 3.05) is 0 Å². The quantitative estimate of drug-likeness (QED) is 0.653. The molecule has 0 bridgehead atoms. The Morgan fingerprint density at radius 2 is 0.833 bits per heavy atom. The van der Waals surface area contributed by atoms with Gasteiger partial charge in [0.15, 0.2) is 0 Å². The first-order valence-corrected chi connectivity index (χ1v) is 4.49. The fraction of sp³-hybridized carbons (Fsp3) is 1.00. The zero-order valence-corrected chi connectivity index (χ0v) is 8.77. The lowest BCUT2D eigenvalue weighted by Crippen LogP contribution is -2.41. The minimum Gasteiger partial charge on any atom is -0.196 e.